The number of nitrogens with zero attached hydrogens (tertiary/aromatic N) is 3. The van der Waals surface area contributed by atoms with Crippen molar-refractivity contribution in [3.63, 3.8) is 0 Å². The number of rotatable bonds is 8. The van der Waals surface area contributed by atoms with Crippen molar-refractivity contribution in [3.8, 4) is 22.9 Å². The molecule has 34 heavy (non-hydrogen) atoms. The van der Waals surface area contributed by atoms with E-state index in [2.05, 4.69) is 23.1 Å². The highest BCUT2D eigenvalue weighted by Gasteiger charge is 2.18. The Bertz CT molecular complexity index is 1440. The molecule has 0 N–H and O–H groups in total. The van der Waals surface area contributed by atoms with Crippen LogP contribution in [0.25, 0.3) is 28.5 Å². The van der Waals surface area contributed by atoms with Crippen molar-refractivity contribution in [1.29, 1.82) is 0 Å². The lowest BCUT2D eigenvalue weighted by Gasteiger charge is -2.22. The van der Waals surface area contributed by atoms with Crippen LogP contribution in [0.5, 0.6) is 11.5 Å². The number of fused-ring (bicyclic) bond motifs is 2. The summed E-state index contributed by atoms with van der Waals surface area (Å²) in [6, 6.07) is 15.6. The molecule has 0 fully saturated rings. The van der Waals surface area contributed by atoms with Crippen LogP contribution in [0.4, 0.5) is 0 Å². The summed E-state index contributed by atoms with van der Waals surface area (Å²) >= 11 is 1.34. The molecule has 2 aromatic carbocycles. The van der Waals surface area contributed by atoms with Crippen LogP contribution >= 0.6 is 11.3 Å². The van der Waals surface area contributed by atoms with E-state index in [0.717, 1.165) is 41.2 Å². The van der Waals surface area contributed by atoms with Gasteiger partial charge in [0.1, 0.15) is 17.6 Å². The third-order valence-electron chi connectivity index (χ3n) is 5.87. The number of para-hydroxylation sites is 1. The molecule has 0 aliphatic carbocycles. The molecule has 6 nitrogen and oxygen atoms in total. The van der Waals surface area contributed by atoms with Crippen molar-refractivity contribution in [2.24, 2.45) is 0 Å². The average Bonchev–Trinajstić information content (AvgIpc) is 3.39. The molecule has 0 amide bonds. The molecular weight excluding hydrogens is 446 g/mol. The molecule has 4 aromatic rings. The molecule has 5 rings (SSSR count). The first-order valence-corrected chi connectivity index (χ1v) is 12.6. The molecule has 174 valence electrons. The van der Waals surface area contributed by atoms with E-state index in [1.807, 2.05) is 61.5 Å². The molecule has 1 atom stereocenters. The largest absolute Gasteiger partial charge is 0.494 e. The predicted molar refractivity (Wildman–Crippen MR) is 136 cm³/mol. The summed E-state index contributed by atoms with van der Waals surface area (Å²) in [6.07, 6.45) is 8.53. The van der Waals surface area contributed by atoms with Gasteiger partial charge in [-0.3, -0.25) is 4.79 Å². The minimum atomic E-state index is -0.169. The minimum Gasteiger partial charge on any atom is -0.494 e. The van der Waals surface area contributed by atoms with Gasteiger partial charge in [0.25, 0.3) is 5.56 Å². The van der Waals surface area contributed by atoms with Gasteiger partial charge < -0.3 is 9.47 Å². The van der Waals surface area contributed by atoms with Crippen LogP contribution < -0.4 is 19.6 Å². The molecule has 1 aliphatic heterocycles. The van der Waals surface area contributed by atoms with Crippen molar-refractivity contribution in [3.05, 3.63) is 74.6 Å². The first kappa shape index (κ1) is 22.3. The fraction of sp³-hybridized carbons (Fsp3) is 0.296. The third-order valence-corrected chi connectivity index (χ3v) is 6.83. The number of ether oxygens (including phenoxy) is 2. The standard InChI is InChI=1S/C27H27N3O3S/c1-3-4-5-8-15-32-22-13-11-19(12-14-22)25-28-27-30(29-25)26(31)24(34-27)17-21-16-20-9-6-7-10-23(20)33-18(21)2/h6-7,9-14,16-18H,3-5,8,15H2,1-2H3/b24-17-/t18-/m1/s1. The third kappa shape index (κ3) is 4.61. The quantitative estimate of drug-likeness (QED) is 0.332. The Morgan fingerprint density at radius 3 is 2.74 bits per heavy atom. The zero-order chi connectivity index (χ0) is 23.5. The van der Waals surface area contributed by atoms with Gasteiger partial charge in [-0.1, -0.05) is 55.7 Å². The topological polar surface area (TPSA) is 65.7 Å². The smallest absolute Gasteiger partial charge is 0.291 e. The molecule has 0 bridgehead atoms. The molecule has 0 saturated heterocycles. The number of aromatic nitrogens is 3. The van der Waals surface area contributed by atoms with Crippen molar-refractivity contribution < 1.29 is 9.47 Å². The van der Waals surface area contributed by atoms with Gasteiger partial charge in [-0.2, -0.15) is 9.50 Å². The molecule has 2 aromatic heterocycles. The van der Waals surface area contributed by atoms with Gasteiger partial charge in [0.15, 0.2) is 5.82 Å². The molecule has 0 spiro atoms. The maximum atomic E-state index is 13.0. The molecule has 7 heteroatoms. The van der Waals surface area contributed by atoms with Gasteiger partial charge >= 0.3 is 0 Å². The normalized spacial score (nSPS) is 15.8. The van der Waals surface area contributed by atoms with E-state index in [1.165, 1.54) is 35.1 Å². The molecular formula is C27H27N3O3S. The Kier molecular flexibility index (Phi) is 6.45. The molecule has 0 saturated carbocycles. The Labute approximate surface area is 202 Å². The Hall–Kier alpha value is -3.45. The van der Waals surface area contributed by atoms with Crippen molar-refractivity contribution in [1.82, 2.24) is 14.6 Å². The second kappa shape index (κ2) is 9.81. The molecule has 0 radical (unpaired) electrons. The van der Waals surface area contributed by atoms with Crippen LogP contribution in [0, 0.1) is 0 Å². The van der Waals surface area contributed by atoms with Crippen LogP contribution in [-0.4, -0.2) is 27.3 Å². The predicted octanol–water partition coefficient (Wildman–Crippen LogP) is 5.14. The highest BCUT2D eigenvalue weighted by atomic mass is 32.1. The highest BCUT2D eigenvalue weighted by molar-refractivity contribution is 7.15. The Morgan fingerprint density at radius 1 is 1.12 bits per heavy atom. The van der Waals surface area contributed by atoms with Gasteiger partial charge in [0.05, 0.1) is 11.1 Å². The Morgan fingerprint density at radius 2 is 1.94 bits per heavy atom. The summed E-state index contributed by atoms with van der Waals surface area (Å²) in [5, 5.41) is 4.47. The minimum absolute atomic E-state index is 0.139. The fourth-order valence-electron chi connectivity index (χ4n) is 3.95. The first-order valence-electron chi connectivity index (χ1n) is 11.7. The molecule has 0 unspecified atom stereocenters. The SMILES string of the molecule is CCCCCCOc1ccc(-c2nc3s/c(=C\C4=Cc5ccccc5O[C@@H]4C)c(=O)n3n2)cc1. The van der Waals surface area contributed by atoms with Gasteiger partial charge in [-0.25, -0.2) is 0 Å². The number of benzene rings is 2. The van der Waals surface area contributed by atoms with Crippen LogP contribution in [0.15, 0.2) is 58.9 Å². The first-order chi connectivity index (χ1) is 16.6. The second-order valence-corrected chi connectivity index (χ2v) is 9.43. The van der Waals surface area contributed by atoms with Crippen molar-refractivity contribution >= 4 is 28.4 Å². The lowest BCUT2D eigenvalue weighted by Crippen LogP contribution is -2.26. The average molecular weight is 474 g/mol. The number of hydrogen-bond donors (Lipinski definition) is 0. The summed E-state index contributed by atoms with van der Waals surface area (Å²) in [6.45, 7) is 4.91. The van der Waals surface area contributed by atoms with E-state index in [9.17, 15) is 4.79 Å². The van der Waals surface area contributed by atoms with Crippen LogP contribution in [-0.2, 0) is 0 Å². The summed E-state index contributed by atoms with van der Waals surface area (Å²) in [4.78, 5) is 18.2. The van der Waals surface area contributed by atoms with E-state index in [4.69, 9.17) is 9.47 Å². The van der Waals surface area contributed by atoms with E-state index >= 15 is 0 Å². The van der Waals surface area contributed by atoms with Crippen LogP contribution in [0.3, 0.4) is 0 Å². The molecule has 3 heterocycles. The van der Waals surface area contributed by atoms with E-state index in [0.29, 0.717) is 15.3 Å². The maximum Gasteiger partial charge on any atom is 0.291 e. The zero-order valence-electron chi connectivity index (χ0n) is 19.4. The summed E-state index contributed by atoms with van der Waals surface area (Å²) < 4.78 is 13.8. The summed E-state index contributed by atoms with van der Waals surface area (Å²) in [5.41, 5.74) is 2.64. The highest BCUT2D eigenvalue weighted by Crippen LogP contribution is 2.29. The van der Waals surface area contributed by atoms with Gasteiger partial charge in [0.2, 0.25) is 4.96 Å². The van der Waals surface area contributed by atoms with Crippen LogP contribution in [0.1, 0.15) is 45.1 Å². The van der Waals surface area contributed by atoms with Crippen molar-refractivity contribution in [2.45, 2.75) is 45.6 Å². The zero-order valence-corrected chi connectivity index (χ0v) is 20.2. The van der Waals surface area contributed by atoms with E-state index in [-0.39, 0.29) is 11.7 Å². The van der Waals surface area contributed by atoms with Crippen molar-refractivity contribution in [2.75, 3.05) is 6.61 Å². The van der Waals surface area contributed by atoms with E-state index < -0.39 is 0 Å². The van der Waals surface area contributed by atoms with Crippen LogP contribution in [0.2, 0.25) is 0 Å². The Balaban J connectivity index is 1.35. The van der Waals surface area contributed by atoms with Gasteiger partial charge in [0, 0.05) is 11.1 Å². The fourth-order valence-corrected chi connectivity index (χ4v) is 4.86. The lowest BCUT2D eigenvalue weighted by molar-refractivity contribution is 0.259. The lowest BCUT2D eigenvalue weighted by atomic mass is 10.0. The number of thiazole rings is 1. The summed E-state index contributed by atoms with van der Waals surface area (Å²) in [7, 11) is 0. The summed E-state index contributed by atoms with van der Waals surface area (Å²) in [5.74, 6) is 2.22. The monoisotopic (exact) mass is 473 g/mol. The second-order valence-electron chi connectivity index (χ2n) is 8.42. The number of unbranched alkanes of at least 4 members (excludes halogenated alkanes) is 3. The maximum absolute atomic E-state index is 13.0. The molecule has 1 aliphatic rings. The van der Waals surface area contributed by atoms with Gasteiger partial charge in [-0.05, 0) is 61.4 Å². The number of hydrogen-bond acceptors (Lipinski definition) is 6. The van der Waals surface area contributed by atoms with Gasteiger partial charge in [-0.15, -0.1) is 5.10 Å². The van der Waals surface area contributed by atoms with E-state index in [1.54, 1.807) is 0 Å².